The summed E-state index contributed by atoms with van der Waals surface area (Å²) in [7, 11) is -3.18. The summed E-state index contributed by atoms with van der Waals surface area (Å²) < 4.78 is 16.7. The fraction of sp³-hybridized carbons (Fsp3) is 0.950. The molecule has 1 aromatic heterocycles. The molecule has 0 N–H and O–H groups in total. The van der Waals surface area contributed by atoms with Crippen molar-refractivity contribution in [2.24, 2.45) is 46.3 Å². The largest absolute Gasteiger partial charge is 0.414 e. The lowest BCUT2D eigenvalue weighted by molar-refractivity contribution is -0.0213. The van der Waals surface area contributed by atoms with Gasteiger partial charge in [-0.05, 0) is 140 Å². The molecule has 47 heavy (non-hydrogen) atoms. The molecular formula is C40H75N3O2Si2. The Bertz CT molecular complexity index is 1040. The van der Waals surface area contributed by atoms with Crippen LogP contribution in [0.1, 0.15) is 139 Å². The van der Waals surface area contributed by atoms with E-state index < -0.39 is 16.6 Å². The van der Waals surface area contributed by atoms with Gasteiger partial charge >= 0.3 is 0 Å². The fourth-order valence-corrected chi connectivity index (χ4v) is 18.4. The second-order valence-electron chi connectivity index (χ2n) is 17.8. The van der Waals surface area contributed by atoms with Crippen molar-refractivity contribution in [2.75, 3.05) is 0 Å². The van der Waals surface area contributed by atoms with Gasteiger partial charge in [-0.15, -0.1) is 5.10 Å². The fourth-order valence-electron chi connectivity index (χ4n) is 12.5. The van der Waals surface area contributed by atoms with Crippen LogP contribution in [0.3, 0.4) is 0 Å². The highest BCUT2D eigenvalue weighted by molar-refractivity contribution is 6.74. The Morgan fingerprint density at radius 3 is 1.60 bits per heavy atom. The number of rotatable bonds is 16. The van der Waals surface area contributed by atoms with Crippen molar-refractivity contribution < 1.29 is 8.85 Å². The summed E-state index contributed by atoms with van der Waals surface area (Å²) in [6.07, 6.45) is 17.8. The summed E-state index contributed by atoms with van der Waals surface area (Å²) in [4.78, 5) is 0. The lowest BCUT2D eigenvalue weighted by atomic mass is 9.61. The number of fused-ring (bicyclic) bond motifs is 2. The first-order valence-electron chi connectivity index (χ1n) is 20.7. The van der Waals surface area contributed by atoms with Crippen molar-refractivity contribution in [3.8, 4) is 0 Å². The lowest BCUT2D eigenvalue weighted by Crippen LogP contribution is -2.48. The Morgan fingerprint density at radius 2 is 1.15 bits per heavy atom. The summed E-state index contributed by atoms with van der Waals surface area (Å²) in [5, 5.41) is 9.53. The number of hydrogen-bond acceptors (Lipinski definition) is 4. The molecular weight excluding hydrogens is 611 g/mol. The van der Waals surface area contributed by atoms with Crippen LogP contribution in [0.4, 0.5) is 0 Å². The Balaban J connectivity index is 1.19. The van der Waals surface area contributed by atoms with Gasteiger partial charge in [0.2, 0.25) is 0 Å². The van der Waals surface area contributed by atoms with Gasteiger partial charge in [-0.2, -0.15) is 0 Å². The summed E-state index contributed by atoms with van der Waals surface area (Å²) in [6, 6.07) is 7.59. The summed E-state index contributed by atoms with van der Waals surface area (Å²) >= 11 is 0. The van der Waals surface area contributed by atoms with Crippen LogP contribution in [-0.2, 0) is 21.8 Å². The second-order valence-corrected chi connectivity index (χ2v) is 27.2. The standard InChI is InChI=1S/C40H75N3O2Si2/c1-11-46(12-2,13-3)44-37-19-17-25-39(9)33(21-23-35(37)39)30(7)27-32-29-43(42-41-32)28-31(8)34-22-24-36-38(20-18-26-40(34,36)10)45-47(14-4,15-5)16-6/h29-31,33-38H,11-28H2,1-10H3/t30-,31-,33-,34-,35+,36+,37+,38+,39-,40-/m1/s1. The summed E-state index contributed by atoms with van der Waals surface area (Å²) in [6.45, 7) is 25.6. The summed E-state index contributed by atoms with van der Waals surface area (Å²) in [5.74, 6) is 4.23. The summed E-state index contributed by atoms with van der Waals surface area (Å²) in [5.41, 5.74) is 2.02. The van der Waals surface area contributed by atoms with E-state index in [1.807, 2.05) is 0 Å². The molecule has 4 saturated carbocycles. The first-order chi connectivity index (χ1) is 22.5. The van der Waals surface area contributed by atoms with Crippen LogP contribution in [0, 0.1) is 46.3 Å². The third kappa shape index (κ3) is 7.31. The molecule has 0 radical (unpaired) electrons. The Kier molecular flexibility index (Phi) is 12.4. The molecule has 7 heteroatoms. The molecule has 0 aliphatic heterocycles. The van der Waals surface area contributed by atoms with E-state index in [1.165, 1.54) is 106 Å². The second kappa shape index (κ2) is 15.4. The van der Waals surface area contributed by atoms with Gasteiger partial charge in [0, 0.05) is 24.9 Å². The molecule has 0 unspecified atom stereocenters. The van der Waals surface area contributed by atoms with Crippen LogP contribution < -0.4 is 0 Å². The van der Waals surface area contributed by atoms with E-state index in [0.29, 0.717) is 34.9 Å². The van der Waals surface area contributed by atoms with Crippen LogP contribution in [-0.4, -0.2) is 43.8 Å². The number of aromatic nitrogens is 3. The SMILES string of the molecule is CC[Si](CC)(CC)O[C@H]1CCC[C@]2(C)[C@@H]([C@H](C)Cc3cn(C[C@@H](C)[C@H]4CC[C@H]5[C@@H](O[Si](CC)(CC)CC)CCC[C@]45C)nn3)CC[C@@H]12. The van der Waals surface area contributed by atoms with E-state index in [-0.39, 0.29) is 0 Å². The van der Waals surface area contributed by atoms with Crippen LogP contribution in [0.15, 0.2) is 6.20 Å². The molecule has 0 amide bonds. The average Bonchev–Trinajstić information content (AvgIpc) is 3.77. The zero-order chi connectivity index (χ0) is 34.0. The van der Waals surface area contributed by atoms with E-state index >= 15 is 0 Å². The molecule has 0 aromatic carbocycles. The van der Waals surface area contributed by atoms with E-state index in [9.17, 15) is 0 Å². The van der Waals surface area contributed by atoms with E-state index in [1.54, 1.807) is 0 Å². The first-order valence-corrected chi connectivity index (χ1v) is 25.8. The predicted molar refractivity (Wildman–Crippen MR) is 203 cm³/mol. The van der Waals surface area contributed by atoms with Crippen molar-refractivity contribution >= 4 is 16.6 Å². The van der Waals surface area contributed by atoms with Crippen molar-refractivity contribution in [1.82, 2.24) is 15.0 Å². The van der Waals surface area contributed by atoms with Gasteiger partial charge in [0.15, 0.2) is 16.6 Å². The molecule has 4 fully saturated rings. The first kappa shape index (κ1) is 37.7. The highest BCUT2D eigenvalue weighted by Crippen LogP contribution is 2.60. The maximum Gasteiger partial charge on any atom is 0.192 e. The van der Waals surface area contributed by atoms with Gasteiger partial charge in [0.05, 0.1) is 5.69 Å². The molecule has 5 rings (SSSR count). The number of nitrogens with zero attached hydrogens (tertiary/aromatic N) is 3. The third-order valence-electron chi connectivity index (χ3n) is 15.9. The van der Waals surface area contributed by atoms with Gasteiger partial charge in [0.25, 0.3) is 0 Å². The minimum Gasteiger partial charge on any atom is -0.414 e. The van der Waals surface area contributed by atoms with Crippen LogP contribution >= 0.6 is 0 Å². The van der Waals surface area contributed by atoms with Crippen molar-refractivity contribution in [2.45, 2.75) is 195 Å². The molecule has 1 heterocycles. The van der Waals surface area contributed by atoms with E-state index in [0.717, 1.165) is 36.6 Å². The molecule has 0 saturated heterocycles. The molecule has 5 nitrogen and oxygen atoms in total. The van der Waals surface area contributed by atoms with Crippen molar-refractivity contribution in [1.29, 1.82) is 0 Å². The Hall–Kier alpha value is -0.506. The van der Waals surface area contributed by atoms with Crippen LogP contribution in [0.2, 0.25) is 36.3 Å². The van der Waals surface area contributed by atoms with E-state index in [2.05, 4.69) is 80.1 Å². The highest BCUT2D eigenvalue weighted by Gasteiger charge is 2.55. The quantitative estimate of drug-likeness (QED) is 0.163. The van der Waals surface area contributed by atoms with Crippen molar-refractivity contribution in [3.05, 3.63) is 11.9 Å². The van der Waals surface area contributed by atoms with Crippen molar-refractivity contribution in [3.63, 3.8) is 0 Å². The molecule has 4 aliphatic carbocycles. The van der Waals surface area contributed by atoms with Gasteiger partial charge in [-0.25, -0.2) is 0 Å². The monoisotopic (exact) mass is 686 g/mol. The van der Waals surface area contributed by atoms with Gasteiger partial charge in [-0.1, -0.05) is 87.3 Å². The average molecular weight is 686 g/mol. The Morgan fingerprint density at radius 1 is 0.702 bits per heavy atom. The van der Waals surface area contributed by atoms with Crippen LogP contribution in [0.25, 0.3) is 0 Å². The lowest BCUT2D eigenvalue weighted by Gasteiger charge is -2.49. The topological polar surface area (TPSA) is 49.2 Å². The maximum atomic E-state index is 7.22. The van der Waals surface area contributed by atoms with Crippen LogP contribution in [0.5, 0.6) is 0 Å². The minimum atomic E-state index is -1.59. The maximum absolute atomic E-state index is 7.22. The smallest absolute Gasteiger partial charge is 0.192 e. The molecule has 0 spiro atoms. The van der Waals surface area contributed by atoms with Gasteiger partial charge in [0.1, 0.15) is 0 Å². The van der Waals surface area contributed by atoms with E-state index in [4.69, 9.17) is 19.2 Å². The molecule has 10 atom stereocenters. The zero-order valence-corrected chi connectivity index (χ0v) is 34.6. The normalized spacial score (nSPS) is 35.9. The third-order valence-corrected chi connectivity index (χ3v) is 25.2. The predicted octanol–water partition coefficient (Wildman–Crippen LogP) is 11.3. The minimum absolute atomic E-state index is 0.402. The highest BCUT2D eigenvalue weighted by atomic mass is 28.4. The number of hydrogen-bond donors (Lipinski definition) is 0. The molecule has 1 aromatic rings. The zero-order valence-electron chi connectivity index (χ0n) is 32.6. The molecule has 270 valence electrons. The Labute approximate surface area is 292 Å². The van der Waals surface area contributed by atoms with Gasteiger partial charge in [-0.3, -0.25) is 4.68 Å². The van der Waals surface area contributed by atoms with Gasteiger partial charge < -0.3 is 8.85 Å². The molecule has 4 aliphatic rings. The molecule has 0 bridgehead atoms.